The van der Waals surface area contributed by atoms with Gasteiger partial charge in [-0.1, -0.05) is 114 Å². The monoisotopic (exact) mass is 875 g/mol. The van der Waals surface area contributed by atoms with Crippen LogP contribution in [0.4, 0.5) is 15.3 Å². The standard InChI is InChI=1S/C49H69N3O7S2/c1-36-9-10-40(32-58-22-20-55-19-21-57-31-37-11-13-39(14-12-37)35-61-26-24-56-23-25-60-34-36)27-45(52-46(53)50-8)41-17-15-38(16-18-41)33-59-47(54)51-44-29-42(48(2,3)4)28-43(30-44)49(5,6)7/h9-18,28-30,45H,19-27,31-35H2,1-8H3,(H,51,54)(H2,50,52,53)/b36-9+,40-10+. The number of thioether (sulfide) groups is 2. The van der Waals surface area contributed by atoms with Crippen molar-refractivity contribution in [3.05, 3.63) is 123 Å². The normalized spacial score (nSPS) is 18.4. The second-order valence-corrected chi connectivity index (χ2v) is 19.5. The van der Waals surface area contributed by atoms with E-state index in [1.165, 1.54) is 11.1 Å². The van der Waals surface area contributed by atoms with Crippen LogP contribution >= 0.6 is 23.5 Å². The first kappa shape index (κ1) is 49.9. The number of rotatable bonds is 7. The van der Waals surface area contributed by atoms with Gasteiger partial charge in [0, 0.05) is 35.7 Å². The van der Waals surface area contributed by atoms with Crippen LogP contribution in [0.2, 0.25) is 0 Å². The molecule has 1 unspecified atom stereocenters. The van der Waals surface area contributed by atoms with E-state index in [0.717, 1.165) is 69.6 Å². The van der Waals surface area contributed by atoms with E-state index in [1.54, 1.807) is 7.05 Å². The van der Waals surface area contributed by atoms with Gasteiger partial charge in [-0.15, -0.1) is 0 Å². The average molecular weight is 876 g/mol. The average Bonchev–Trinajstić information content (AvgIpc) is 3.22. The highest BCUT2D eigenvalue weighted by atomic mass is 32.2. The fourth-order valence-corrected chi connectivity index (χ4v) is 7.77. The lowest BCUT2D eigenvalue weighted by Gasteiger charge is -2.26. The van der Waals surface area contributed by atoms with Crippen LogP contribution < -0.4 is 16.0 Å². The van der Waals surface area contributed by atoms with E-state index >= 15 is 0 Å². The highest BCUT2D eigenvalue weighted by Gasteiger charge is 2.22. The molecule has 2 heterocycles. The molecule has 61 heavy (non-hydrogen) atoms. The molecule has 2 aliphatic rings. The molecule has 0 fully saturated rings. The van der Waals surface area contributed by atoms with Crippen molar-refractivity contribution in [2.75, 3.05) is 75.9 Å². The smallest absolute Gasteiger partial charge is 0.411 e. The van der Waals surface area contributed by atoms with Crippen LogP contribution in [0.5, 0.6) is 0 Å². The van der Waals surface area contributed by atoms with Gasteiger partial charge >= 0.3 is 12.1 Å². The summed E-state index contributed by atoms with van der Waals surface area (Å²) >= 11 is 3.74. The van der Waals surface area contributed by atoms with Gasteiger partial charge in [0.05, 0.1) is 58.9 Å². The van der Waals surface area contributed by atoms with Crippen molar-refractivity contribution in [3.63, 3.8) is 0 Å². The van der Waals surface area contributed by atoms with E-state index < -0.39 is 6.09 Å². The van der Waals surface area contributed by atoms with E-state index in [9.17, 15) is 9.59 Å². The minimum atomic E-state index is -0.520. The molecule has 1 atom stereocenters. The number of amides is 3. The number of benzene rings is 3. The first-order valence-electron chi connectivity index (χ1n) is 21.3. The van der Waals surface area contributed by atoms with Gasteiger partial charge in [0.2, 0.25) is 0 Å². The van der Waals surface area contributed by atoms with E-state index in [0.29, 0.717) is 51.7 Å². The summed E-state index contributed by atoms with van der Waals surface area (Å²) in [6, 6.07) is 22.0. The highest BCUT2D eigenvalue weighted by Crippen LogP contribution is 2.32. The molecule has 0 spiro atoms. The number of hydrogen-bond acceptors (Lipinski definition) is 9. The fourth-order valence-electron chi connectivity index (χ4n) is 6.17. The predicted octanol–water partition coefficient (Wildman–Crippen LogP) is 10.5. The summed E-state index contributed by atoms with van der Waals surface area (Å²) in [5, 5.41) is 8.75. The number of carbonyl (C=O) groups excluding carboxylic acids is 2. The molecule has 3 amide bonds. The zero-order valence-corrected chi connectivity index (χ0v) is 39.3. The molecule has 5 rings (SSSR count). The lowest BCUT2D eigenvalue weighted by molar-refractivity contribution is 0.0139. The SMILES string of the molecule is CNC(=O)NC(C/C1=C\C=C(/C)CSCCOCCSCc2ccc(cc2)COCCOCCOC1)c1ccc(COC(=O)Nc2cc(C(C)(C)C)cc(C(C)(C)C)c2)cc1. The molecule has 0 saturated carbocycles. The number of anilines is 1. The Hall–Kier alpha value is -3.78. The Labute approximate surface area is 373 Å². The second-order valence-electron chi connectivity index (χ2n) is 17.3. The Balaban J connectivity index is 1.39. The summed E-state index contributed by atoms with van der Waals surface area (Å²) in [6.07, 6.45) is 4.25. The predicted molar refractivity (Wildman–Crippen MR) is 253 cm³/mol. The van der Waals surface area contributed by atoms with Crippen LogP contribution in [0.25, 0.3) is 0 Å². The molecule has 2 aliphatic heterocycles. The number of carbonyl (C=O) groups is 2. The minimum absolute atomic E-state index is 0.0794. The van der Waals surface area contributed by atoms with Gasteiger partial charge in [-0.3, -0.25) is 5.32 Å². The number of urea groups is 1. The first-order valence-corrected chi connectivity index (χ1v) is 23.6. The lowest BCUT2D eigenvalue weighted by atomic mass is 9.80. The van der Waals surface area contributed by atoms with Gasteiger partial charge in [-0.05, 0) is 75.3 Å². The summed E-state index contributed by atoms with van der Waals surface area (Å²) in [5.74, 6) is 3.74. The van der Waals surface area contributed by atoms with Crippen molar-refractivity contribution in [1.29, 1.82) is 0 Å². The number of ether oxygens (including phenoxy) is 5. The minimum Gasteiger partial charge on any atom is -0.444 e. The fraction of sp³-hybridized carbons (Fsp3) is 0.510. The Morgan fingerprint density at radius 1 is 0.705 bits per heavy atom. The molecule has 0 radical (unpaired) electrons. The molecule has 0 saturated heterocycles. The van der Waals surface area contributed by atoms with Gasteiger partial charge < -0.3 is 34.3 Å². The number of nitrogens with one attached hydrogen (secondary N) is 3. The molecule has 0 aromatic heterocycles. The third kappa shape index (κ3) is 19.4. The van der Waals surface area contributed by atoms with E-state index in [2.05, 4.69) is 107 Å². The molecular weight excluding hydrogens is 807 g/mol. The van der Waals surface area contributed by atoms with Gasteiger partial charge in [0.15, 0.2) is 0 Å². The van der Waals surface area contributed by atoms with Gasteiger partial charge in [-0.2, -0.15) is 23.5 Å². The van der Waals surface area contributed by atoms with Crippen molar-refractivity contribution in [3.8, 4) is 0 Å². The van der Waals surface area contributed by atoms with Crippen LogP contribution in [-0.2, 0) is 53.5 Å². The van der Waals surface area contributed by atoms with E-state index in [4.69, 9.17) is 23.7 Å². The van der Waals surface area contributed by atoms with Crippen LogP contribution in [0.15, 0.2) is 90.0 Å². The molecule has 3 aromatic carbocycles. The summed E-state index contributed by atoms with van der Waals surface area (Å²) in [4.78, 5) is 25.7. The van der Waals surface area contributed by atoms with Crippen molar-refractivity contribution in [1.82, 2.24) is 10.6 Å². The molecule has 12 heteroatoms. The van der Waals surface area contributed by atoms with Crippen LogP contribution in [0.1, 0.15) is 94.3 Å². The number of hydrogen-bond donors (Lipinski definition) is 3. The topological polar surface area (TPSA) is 116 Å². The molecule has 10 nitrogen and oxygen atoms in total. The van der Waals surface area contributed by atoms with Gasteiger partial charge in [0.1, 0.15) is 6.61 Å². The summed E-state index contributed by atoms with van der Waals surface area (Å²) in [7, 11) is 1.60. The molecule has 334 valence electrons. The Bertz CT molecular complexity index is 1820. The van der Waals surface area contributed by atoms with Crippen molar-refractivity contribution in [2.45, 2.75) is 90.7 Å². The molecule has 0 aliphatic carbocycles. The summed E-state index contributed by atoms with van der Waals surface area (Å²) in [5.41, 5.74) is 9.29. The van der Waals surface area contributed by atoms with Crippen LogP contribution in [0, 0.1) is 0 Å². The van der Waals surface area contributed by atoms with Crippen LogP contribution in [0.3, 0.4) is 0 Å². The largest absolute Gasteiger partial charge is 0.444 e. The van der Waals surface area contributed by atoms with E-state index in [-0.39, 0.29) is 29.5 Å². The van der Waals surface area contributed by atoms with Crippen molar-refractivity contribution >= 4 is 41.3 Å². The maximum Gasteiger partial charge on any atom is 0.411 e. The second kappa shape index (κ2) is 26.0. The highest BCUT2D eigenvalue weighted by molar-refractivity contribution is 7.99. The molecule has 3 aromatic rings. The van der Waals surface area contributed by atoms with E-state index in [1.807, 2.05) is 59.9 Å². The zero-order valence-electron chi connectivity index (χ0n) is 37.7. The van der Waals surface area contributed by atoms with Crippen molar-refractivity contribution < 1.29 is 33.3 Å². The quantitative estimate of drug-likeness (QED) is 0.200. The number of allylic oxidation sites excluding steroid dienone is 2. The van der Waals surface area contributed by atoms with Gasteiger partial charge in [0.25, 0.3) is 0 Å². The summed E-state index contributed by atoms with van der Waals surface area (Å²) in [6.45, 7) is 19.4. The zero-order chi connectivity index (χ0) is 44.1. The maximum absolute atomic E-state index is 13.0. The first-order chi connectivity index (χ1) is 29.2. The lowest BCUT2D eigenvalue weighted by Crippen LogP contribution is -2.36. The Morgan fingerprint density at radius 3 is 1.90 bits per heavy atom. The third-order valence-corrected chi connectivity index (χ3v) is 12.0. The molecule has 3 N–H and O–H groups in total. The van der Waals surface area contributed by atoms with Crippen LogP contribution in [-0.4, -0.2) is 82.7 Å². The third-order valence-electron chi connectivity index (χ3n) is 9.93. The Morgan fingerprint density at radius 2 is 1.28 bits per heavy atom. The van der Waals surface area contributed by atoms with Crippen molar-refractivity contribution in [2.24, 2.45) is 0 Å². The molecule has 2 bridgehead atoms. The molecular formula is C49H69N3O7S2. The number of fused-ring (bicyclic) bond motifs is 21. The summed E-state index contributed by atoms with van der Waals surface area (Å²) < 4.78 is 29.3. The van der Waals surface area contributed by atoms with Gasteiger partial charge in [-0.25, -0.2) is 9.59 Å². The Kier molecular flexibility index (Phi) is 21.2. The maximum atomic E-state index is 13.0.